The van der Waals surface area contributed by atoms with Gasteiger partial charge >= 0.3 is 0 Å². The zero-order chi connectivity index (χ0) is 19.0. The summed E-state index contributed by atoms with van der Waals surface area (Å²) in [5, 5.41) is 0. The molecule has 0 unspecified atom stereocenters. The molecule has 2 aromatic rings. The van der Waals surface area contributed by atoms with Crippen LogP contribution < -0.4 is 0 Å². The minimum absolute atomic E-state index is 0.146. The van der Waals surface area contributed by atoms with Crippen molar-refractivity contribution in [3.05, 3.63) is 70.3 Å². The highest BCUT2D eigenvalue weighted by Crippen LogP contribution is 2.34. The first-order chi connectivity index (χ1) is 11.3. The molecule has 0 aliphatic heterocycles. The molecule has 0 aliphatic rings. The van der Waals surface area contributed by atoms with Crippen LogP contribution in [0, 0.1) is 0 Å². The maximum Gasteiger partial charge on any atom is -0.00199 e. The highest BCUT2D eigenvalue weighted by Gasteiger charge is 2.23. The lowest BCUT2D eigenvalue weighted by Crippen LogP contribution is -2.19. The third-order valence-corrected chi connectivity index (χ3v) is 4.99. The Morgan fingerprint density at radius 3 is 1.60 bits per heavy atom. The highest BCUT2D eigenvalue weighted by atomic mass is 14.3. The molecule has 0 aliphatic carbocycles. The van der Waals surface area contributed by atoms with E-state index in [1.165, 1.54) is 27.8 Å². The standard InChI is InChI=1S/C25H36/c1-23(2,3)20-15-14-19(22(17-20)25(7,8)9)16-18-12-10-11-13-21(18)24(4,5)6/h10-15,17H,16H2,1-9H3. The van der Waals surface area contributed by atoms with Crippen molar-refractivity contribution >= 4 is 0 Å². The smallest absolute Gasteiger partial charge is 0.00199 e. The molecule has 0 saturated carbocycles. The Bertz CT molecular complexity index is 728. The summed E-state index contributed by atoms with van der Waals surface area (Å²) < 4.78 is 0. The van der Waals surface area contributed by atoms with Crippen molar-refractivity contribution in [2.75, 3.05) is 0 Å². The second kappa shape index (κ2) is 6.63. The molecule has 0 atom stereocenters. The normalized spacial score (nSPS) is 13.2. The van der Waals surface area contributed by atoms with Crippen LogP contribution in [0.5, 0.6) is 0 Å². The molecule has 0 aromatic heterocycles. The van der Waals surface area contributed by atoms with Crippen LogP contribution in [0.3, 0.4) is 0 Å². The van der Waals surface area contributed by atoms with Crippen molar-refractivity contribution in [2.24, 2.45) is 0 Å². The predicted molar refractivity (Wildman–Crippen MR) is 112 cm³/mol. The van der Waals surface area contributed by atoms with Gasteiger partial charge in [-0.1, -0.05) is 105 Å². The molecule has 2 aromatic carbocycles. The predicted octanol–water partition coefficient (Wildman–Crippen LogP) is 7.17. The van der Waals surface area contributed by atoms with E-state index in [1.54, 1.807) is 0 Å². The first-order valence-electron chi connectivity index (χ1n) is 9.52. The van der Waals surface area contributed by atoms with Crippen molar-refractivity contribution in [3.8, 4) is 0 Å². The third kappa shape index (κ3) is 4.75. The molecule has 0 spiro atoms. The molecule has 2 rings (SSSR count). The van der Waals surface area contributed by atoms with E-state index < -0.39 is 0 Å². The Balaban J connectivity index is 2.55. The van der Waals surface area contributed by atoms with Gasteiger partial charge in [-0.15, -0.1) is 0 Å². The molecular weight excluding hydrogens is 300 g/mol. The molecule has 0 fully saturated rings. The SMILES string of the molecule is CC(C)(C)c1ccc(Cc2ccccc2C(C)(C)C)c(C(C)(C)C)c1. The summed E-state index contributed by atoms with van der Waals surface area (Å²) in [6.07, 6.45) is 1.00. The van der Waals surface area contributed by atoms with Crippen LogP contribution in [-0.2, 0) is 22.7 Å². The van der Waals surface area contributed by atoms with Crippen LogP contribution >= 0.6 is 0 Å². The van der Waals surface area contributed by atoms with Gasteiger partial charge in [-0.3, -0.25) is 0 Å². The number of rotatable bonds is 2. The van der Waals surface area contributed by atoms with Gasteiger partial charge in [0.15, 0.2) is 0 Å². The topological polar surface area (TPSA) is 0 Å². The van der Waals surface area contributed by atoms with Crippen LogP contribution in [0.1, 0.15) is 90.1 Å². The summed E-state index contributed by atoms with van der Waals surface area (Å²) in [5.74, 6) is 0. The first-order valence-corrected chi connectivity index (χ1v) is 9.52. The second-order valence-electron chi connectivity index (χ2n) is 10.5. The maximum absolute atomic E-state index is 2.44. The Morgan fingerprint density at radius 2 is 1.08 bits per heavy atom. The van der Waals surface area contributed by atoms with Gasteiger partial charge in [0.1, 0.15) is 0 Å². The fourth-order valence-electron chi connectivity index (χ4n) is 3.51. The van der Waals surface area contributed by atoms with E-state index in [0.717, 1.165) is 6.42 Å². The van der Waals surface area contributed by atoms with Crippen LogP contribution in [0.2, 0.25) is 0 Å². The number of hydrogen-bond acceptors (Lipinski definition) is 0. The lowest BCUT2D eigenvalue weighted by atomic mass is 9.76. The summed E-state index contributed by atoms with van der Waals surface area (Å²) >= 11 is 0. The molecule has 0 nitrogen and oxygen atoms in total. The fourth-order valence-corrected chi connectivity index (χ4v) is 3.51. The Morgan fingerprint density at radius 1 is 0.560 bits per heavy atom. The van der Waals surface area contributed by atoms with E-state index in [1.807, 2.05) is 0 Å². The van der Waals surface area contributed by atoms with E-state index in [4.69, 9.17) is 0 Å². The summed E-state index contributed by atoms with van der Waals surface area (Å²) in [4.78, 5) is 0. The number of benzene rings is 2. The molecule has 0 bridgehead atoms. The van der Waals surface area contributed by atoms with Crippen molar-refractivity contribution in [1.82, 2.24) is 0 Å². The van der Waals surface area contributed by atoms with Gasteiger partial charge in [-0.25, -0.2) is 0 Å². The molecule has 0 amide bonds. The van der Waals surface area contributed by atoms with Crippen LogP contribution in [0.25, 0.3) is 0 Å². The molecule has 0 heteroatoms. The maximum atomic E-state index is 2.44. The van der Waals surface area contributed by atoms with Crippen LogP contribution in [0.4, 0.5) is 0 Å². The molecule has 136 valence electrons. The van der Waals surface area contributed by atoms with Crippen molar-refractivity contribution in [3.63, 3.8) is 0 Å². The summed E-state index contributed by atoms with van der Waals surface area (Å²) in [5.41, 5.74) is 7.75. The molecule has 25 heavy (non-hydrogen) atoms. The third-order valence-electron chi connectivity index (χ3n) is 4.99. The molecule has 0 heterocycles. The average Bonchev–Trinajstić information content (AvgIpc) is 2.44. The van der Waals surface area contributed by atoms with E-state index in [0.29, 0.717) is 0 Å². The quantitative estimate of drug-likeness (QED) is 0.545. The Hall–Kier alpha value is -1.56. The van der Waals surface area contributed by atoms with E-state index >= 15 is 0 Å². The van der Waals surface area contributed by atoms with Crippen LogP contribution in [0.15, 0.2) is 42.5 Å². The summed E-state index contributed by atoms with van der Waals surface area (Å²) in [6.45, 7) is 20.8. The van der Waals surface area contributed by atoms with E-state index in [-0.39, 0.29) is 16.2 Å². The Kier molecular flexibility index (Phi) is 5.24. The van der Waals surface area contributed by atoms with Gasteiger partial charge in [-0.2, -0.15) is 0 Å². The first kappa shape index (κ1) is 19.8. The zero-order valence-corrected chi connectivity index (χ0v) is 17.7. The molecule has 0 N–H and O–H groups in total. The number of hydrogen-bond donors (Lipinski definition) is 0. The summed E-state index contributed by atoms with van der Waals surface area (Å²) in [7, 11) is 0. The van der Waals surface area contributed by atoms with Crippen molar-refractivity contribution < 1.29 is 0 Å². The van der Waals surface area contributed by atoms with E-state index in [9.17, 15) is 0 Å². The largest absolute Gasteiger partial charge is 0.0620 e. The minimum Gasteiger partial charge on any atom is -0.0620 e. The zero-order valence-electron chi connectivity index (χ0n) is 17.7. The van der Waals surface area contributed by atoms with Gasteiger partial charge in [-0.05, 0) is 50.5 Å². The average molecular weight is 337 g/mol. The Labute approximate surface area is 155 Å². The molecular formula is C25H36. The van der Waals surface area contributed by atoms with Crippen molar-refractivity contribution in [2.45, 2.75) is 85.0 Å². The lowest BCUT2D eigenvalue weighted by molar-refractivity contribution is 0.563. The second-order valence-corrected chi connectivity index (χ2v) is 10.5. The molecule has 0 radical (unpaired) electrons. The van der Waals surface area contributed by atoms with Gasteiger partial charge < -0.3 is 0 Å². The van der Waals surface area contributed by atoms with Gasteiger partial charge in [0.25, 0.3) is 0 Å². The van der Waals surface area contributed by atoms with Gasteiger partial charge in [0.05, 0.1) is 0 Å². The van der Waals surface area contributed by atoms with Crippen LogP contribution in [-0.4, -0.2) is 0 Å². The fraction of sp³-hybridized carbons (Fsp3) is 0.520. The lowest BCUT2D eigenvalue weighted by Gasteiger charge is -2.29. The van der Waals surface area contributed by atoms with Crippen molar-refractivity contribution in [1.29, 1.82) is 0 Å². The highest BCUT2D eigenvalue weighted by molar-refractivity contribution is 5.44. The van der Waals surface area contributed by atoms with E-state index in [2.05, 4.69) is 105 Å². The van der Waals surface area contributed by atoms with Gasteiger partial charge in [0, 0.05) is 0 Å². The molecule has 0 saturated heterocycles. The summed E-state index contributed by atoms with van der Waals surface area (Å²) in [6, 6.07) is 16.0. The monoisotopic (exact) mass is 336 g/mol. The van der Waals surface area contributed by atoms with Gasteiger partial charge in [0.2, 0.25) is 0 Å². The minimum atomic E-state index is 0.146.